The number of amides is 1. The molecule has 4 heteroatoms. The lowest BCUT2D eigenvalue weighted by atomic mass is 10.2. The number of carbonyl (C=O) groups excluding carboxylic acids is 1. The number of rotatable bonds is 4. The molecule has 0 aliphatic rings. The second kappa shape index (κ2) is 5.21. The Kier molecular flexibility index (Phi) is 3.45. The van der Waals surface area contributed by atoms with Crippen LogP contribution in [0.25, 0.3) is 0 Å². The summed E-state index contributed by atoms with van der Waals surface area (Å²) in [5.41, 5.74) is 1.51. The van der Waals surface area contributed by atoms with Crippen LogP contribution < -0.4 is 10.1 Å². The molecular formula is C13H13NO3. The quantitative estimate of drug-likeness (QED) is 0.877. The lowest BCUT2D eigenvalue weighted by Crippen LogP contribution is -2.22. The molecule has 0 spiro atoms. The molecule has 0 saturated carbocycles. The average molecular weight is 231 g/mol. The normalized spacial score (nSPS) is 9.94. The summed E-state index contributed by atoms with van der Waals surface area (Å²) in [5.74, 6) is 0.533. The van der Waals surface area contributed by atoms with Gasteiger partial charge in [0.15, 0.2) is 0 Å². The Hall–Kier alpha value is -2.23. The highest BCUT2D eigenvalue weighted by molar-refractivity contribution is 5.94. The van der Waals surface area contributed by atoms with Crippen molar-refractivity contribution >= 4 is 5.91 Å². The lowest BCUT2D eigenvalue weighted by Gasteiger charge is -2.05. The van der Waals surface area contributed by atoms with Crippen molar-refractivity contribution in [3.05, 3.63) is 54.0 Å². The van der Waals surface area contributed by atoms with Gasteiger partial charge in [-0.15, -0.1) is 0 Å². The van der Waals surface area contributed by atoms with Gasteiger partial charge in [0.1, 0.15) is 5.75 Å². The van der Waals surface area contributed by atoms with E-state index in [2.05, 4.69) is 5.32 Å². The van der Waals surface area contributed by atoms with E-state index in [0.717, 1.165) is 5.56 Å². The lowest BCUT2D eigenvalue weighted by molar-refractivity contribution is 0.0950. The summed E-state index contributed by atoms with van der Waals surface area (Å²) >= 11 is 0. The van der Waals surface area contributed by atoms with E-state index in [0.29, 0.717) is 17.9 Å². The SMILES string of the molecule is COc1cccc(C(=O)NCc2ccoc2)c1. The predicted molar refractivity (Wildman–Crippen MR) is 62.9 cm³/mol. The summed E-state index contributed by atoms with van der Waals surface area (Å²) in [6.07, 6.45) is 3.18. The largest absolute Gasteiger partial charge is 0.497 e. The monoisotopic (exact) mass is 231 g/mol. The van der Waals surface area contributed by atoms with Gasteiger partial charge in [0.2, 0.25) is 0 Å². The van der Waals surface area contributed by atoms with E-state index in [9.17, 15) is 4.79 Å². The molecule has 0 aliphatic carbocycles. The summed E-state index contributed by atoms with van der Waals surface area (Å²) in [6.45, 7) is 0.451. The molecule has 88 valence electrons. The van der Waals surface area contributed by atoms with Crippen molar-refractivity contribution in [2.75, 3.05) is 7.11 Å². The van der Waals surface area contributed by atoms with Crippen molar-refractivity contribution in [3.63, 3.8) is 0 Å². The van der Waals surface area contributed by atoms with E-state index >= 15 is 0 Å². The topological polar surface area (TPSA) is 51.5 Å². The van der Waals surface area contributed by atoms with Crippen LogP contribution in [0.5, 0.6) is 5.75 Å². The first-order valence-corrected chi connectivity index (χ1v) is 5.23. The van der Waals surface area contributed by atoms with Gasteiger partial charge in [-0.05, 0) is 24.3 Å². The summed E-state index contributed by atoms with van der Waals surface area (Å²) in [6, 6.07) is 8.84. The van der Waals surface area contributed by atoms with Crippen LogP contribution in [0.15, 0.2) is 47.3 Å². The molecule has 1 amide bonds. The number of ether oxygens (including phenoxy) is 1. The second-order valence-electron chi connectivity index (χ2n) is 3.55. The van der Waals surface area contributed by atoms with Crippen molar-refractivity contribution in [3.8, 4) is 5.75 Å². The first kappa shape index (κ1) is 11.3. The molecule has 0 atom stereocenters. The van der Waals surface area contributed by atoms with Crippen LogP contribution >= 0.6 is 0 Å². The summed E-state index contributed by atoms with van der Waals surface area (Å²) in [5, 5.41) is 2.80. The number of benzene rings is 1. The van der Waals surface area contributed by atoms with Crippen LogP contribution in [0.3, 0.4) is 0 Å². The van der Waals surface area contributed by atoms with Gasteiger partial charge in [-0.25, -0.2) is 0 Å². The molecule has 1 aromatic heterocycles. The van der Waals surface area contributed by atoms with Crippen molar-refractivity contribution in [2.45, 2.75) is 6.54 Å². The standard InChI is InChI=1S/C13H13NO3/c1-16-12-4-2-3-11(7-12)13(15)14-8-10-5-6-17-9-10/h2-7,9H,8H2,1H3,(H,14,15). The Morgan fingerprint density at radius 2 is 2.29 bits per heavy atom. The van der Waals surface area contributed by atoms with Crippen molar-refractivity contribution in [2.24, 2.45) is 0 Å². The Morgan fingerprint density at radius 1 is 1.41 bits per heavy atom. The minimum atomic E-state index is -0.134. The van der Waals surface area contributed by atoms with Crippen LogP contribution in [-0.2, 0) is 6.54 Å². The number of nitrogens with one attached hydrogen (secondary N) is 1. The van der Waals surface area contributed by atoms with Gasteiger partial charge in [0, 0.05) is 17.7 Å². The zero-order chi connectivity index (χ0) is 12.1. The second-order valence-corrected chi connectivity index (χ2v) is 3.55. The molecule has 0 radical (unpaired) electrons. The minimum absolute atomic E-state index is 0.134. The Morgan fingerprint density at radius 3 is 3.00 bits per heavy atom. The highest BCUT2D eigenvalue weighted by Crippen LogP contribution is 2.12. The first-order chi connectivity index (χ1) is 8.29. The highest BCUT2D eigenvalue weighted by Gasteiger charge is 2.06. The molecule has 0 fully saturated rings. The van der Waals surface area contributed by atoms with E-state index in [1.165, 1.54) is 0 Å². The minimum Gasteiger partial charge on any atom is -0.497 e. The molecule has 1 aromatic carbocycles. The molecule has 0 unspecified atom stereocenters. The van der Waals surface area contributed by atoms with Crippen molar-refractivity contribution in [1.29, 1.82) is 0 Å². The van der Waals surface area contributed by atoms with E-state index in [4.69, 9.17) is 9.15 Å². The molecule has 2 rings (SSSR count). The fraction of sp³-hybridized carbons (Fsp3) is 0.154. The van der Waals surface area contributed by atoms with E-state index in [1.807, 2.05) is 6.07 Å². The molecule has 1 heterocycles. The maximum Gasteiger partial charge on any atom is 0.251 e. The maximum atomic E-state index is 11.8. The van der Waals surface area contributed by atoms with Crippen LogP contribution in [0.1, 0.15) is 15.9 Å². The van der Waals surface area contributed by atoms with E-state index in [1.54, 1.807) is 43.9 Å². The zero-order valence-corrected chi connectivity index (χ0v) is 9.47. The number of carbonyl (C=O) groups is 1. The zero-order valence-electron chi connectivity index (χ0n) is 9.47. The molecular weight excluding hydrogens is 218 g/mol. The van der Waals surface area contributed by atoms with E-state index in [-0.39, 0.29) is 5.91 Å². The smallest absolute Gasteiger partial charge is 0.251 e. The van der Waals surface area contributed by atoms with Crippen LogP contribution in [0, 0.1) is 0 Å². The Labute approximate surface area is 99.2 Å². The van der Waals surface area contributed by atoms with Crippen molar-refractivity contribution < 1.29 is 13.9 Å². The van der Waals surface area contributed by atoms with Gasteiger partial charge < -0.3 is 14.5 Å². The fourth-order valence-electron chi connectivity index (χ4n) is 1.44. The van der Waals surface area contributed by atoms with Crippen molar-refractivity contribution in [1.82, 2.24) is 5.32 Å². The highest BCUT2D eigenvalue weighted by atomic mass is 16.5. The van der Waals surface area contributed by atoms with Gasteiger partial charge in [0.25, 0.3) is 5.91 Å². The van der Waals surface area contributed by atoms with Gasteiger partial charge in [-0.3, -0.25) is 4.79 Å². The Bertz CT molecular complexity index is 491. The predicted octanol–water partition coefficient (Wildman–Crippen LogP) is 2.22. The molecule has 4 nitrogen and oxygen atoms in total. The number of methoxy groups -OCH3 is 1. The summed E-state index contributed by atoms with van der Waals surface area (Å²) < 4.78 is 9.98. The molecule has 1 N–H and O–H groups in total. The van der Waals surface area contributed by atoms with E-state index < -0.39 is 0 Å². The third kappa shape index (κ3) is 2.87. The average Bonchev–Trinajstić information content (AvgIpc) is 2.89. The Balaban J connectivity index is 1.99. The third-order valence-electron chi connectivity index (χ3n) is 2.37. The van der Waals surface area contributed by atoms with Gasteiger partial charge >= 0.3 is 0 Å². The summed E-state index contributed by atoms with van der Waals surface area (Å²) in [4.78, 5) is 11.8. The van der Waals surface area contributed by atoms with Crippen LogP contribution in [0.2, 0.25) is 0 Å². The fourth-order valence-corrected chi connectivity index (χ4v) is 1.44. The van der Waals surface area contributed by atoms with Crippen LogP contribution in [0.4, 0.5) is 0 Å². The number of hydrogen-bond acceptors (Lipinski definition) is 3. The molecule has 0 bridgehead atoms. The summed E-state index contributed by atoms with van der Waals surface area (Å²) in [7, 11) is 1.57. The van der Waals surface area contributed by atoms with Gasteiger partial charge in [-0.2, -0.15) is 0 Å². The van der Waals surface area contributed by atoms with Gasteiger partial charge in [0.05, 0.1) is 19.6 Å². The number of hydrogen-bond donors (Lipinski definition) is 1. The number of furan rings is 1. The third-order valence-corrected chi connectivity index (χ3v) is 2.37. The molecule has 0 aliphatic heterocycles. The molecule has 17 heavy (non-hydrogen) atoms. The molecule has 2 aromatic rings. The first-order valence-electron chi connectivity index (χ1n) is 5.23. The maximum absolute atomic E-state index is 11.8. The van der Waals surface area contributed by atoms with Crippen LogP contribution in [-0.4, -0.2) is 13.0 Å². The van der Waals surface area contributed by atoms with Gasteiger partial charge in [-0.1, -0.05) is 6.07 Å². The molecule has 0 saturated heterocycles.